The molecule has 0 amide bonds. The van der Waals surface area contributed by atoms with E-state index in [1.165, 1.54) is 0 Å². The molecule has 0 aliphatic carbocycles. The van der Waals surface area contributed by atoms with Crippen LogP contribution in [0.5, 0.6) is 0 Å². The summed E-state index contributed by atoms with van der Waals surface area (Å²) in [7, 11) is 0. The number of hydrogen-bond acceptors (Lipinski definition) is 4. The molecule has 0 N–H and O–H groups in total. The van der Waals surface area contributed by atoms with E-state index in [1.807, 2.05) is 30.3 Å². The normalized spacial score (nSPS) is 11.8. The molecule has 0 aliphatic rings. The van der Waals surface area contributed by atoms with Crippen molar-refractivity contribution in [2.45, 2.75) is 0 Å². The lowest BCUT2D eigenvalue weighted by Gasteiger charge is -2.21. The summed E-state index contributed by atoms with van der Waals surface area (Å²) in [6.07, 6.45) is 0. The van der Waals surface area contributed by atoms with Crippen LogP contribution in [0.1, 0.15) is 0 Å². The van der Waals surface area contributed by atoms with Gasteiger partial charge >= 0.3 is 0 Å². The van der Waals surface area contributed by atoms with E-state index in [1.54, 1.807) is 0 Å². The van der Waals surface area contributed by atoms with Gasteiger partial charge in [-0.05, 0) is 59.7 Å². The zero-order valence-electron chi connectivity index (χ0n) is 33.9. The molecular weight excluding hydrogens is 771 g/mol. The van der Waals surface area contributed by atoms with Gasteiger partial charge < -0.3 is 13.4 Å². The van der Waals surface area contributed by atoms with Gasteiger partial charge in [0.1, 0.15) is 22.3 Å². The lowest BCUT2D eigenvalue weighted by atomic mass is 9.92. The second-order valence-corrected chi connectivity index (χ2v) is 16.1. The fourth-order valence-corrected chi connectivity index (χ4v) is 9.52. The smallest absolute Gasteiger partial charge is 0.160 e. The Morgan fingerprint density at radius 1 is 0.333 bits per heavy atom. The Balaban J connectivity index is 1.12. The van der Waals surface area contributed by atoms with Crippen LogP contribution < -0.4 is 0 Å². The fourth-order valence-electron chi connectivity index (χ4n) is 9.52. The predicted octanol–water partition coefficient (Wildman–Crippen LogP) is 15.7. The first-order valence-corrected chi connectivity index (χ1v) is 21.2. The van der Waals surface area contributed by atoms with Gasteiger partial charge in [-0.2, -0.15) is 0 Å². The van der Waals surface area contributed by atoms with Gasteiger partial charge in [0.25, 0.3) is 0 Å². The number of aromatic nitrogens is 3. The maximum absolute atomic E-state index is 6.94. The molecule has 0 unspecified atom stereocenters. The van der Waals surface area contributed by atoms with E-state index in [0.29, 0.717) is 5.82 Å². The maximum Gasteiger partial charge on any atom is 0.160 e. The Labute approximate surface area is 361 Å². The Morgan fingerprint density at radius 3 is 1.49 bits per heavy atom. The van der Waals surface area contributed by atoms with Gasteiger partial charge in [0.15, 0.2) is 5.82 Å². The van der Waals surface area contributed by atoms with Crippen molar-refractivity contribution in [3.8, 4) is 61.8 Å². The number of benzene rings is 9. The highest BCUT2D eigenvalue weighted by molar-refractivity contribution is 6.25. The van der Waals surface area contributed by atoms with Gasteiger partial charge in [0.2, 0.25) is 0 Å². The first-order chi connectivity index (χ1) is 31.2. The molecule has 0 radical (unpaired) electrons. The van der Waals surface area contributed by atoms with Gasteiger partial charge in [-0.25, -0.2) is 9.97 Å². The quantitative estimate of drug-likeness (QED) is 0.168. The molecule has 4 aromatic heterocycles. The topological polar surface area (TPSA) is 57.0 Å². The third-order valence-corrected chi connectivity index (χ3v) is 12.4. The van der Waals surface area contributed by atoms with Crippen molar-refractivity contribution in [3.63, 3.8) is 0 Å². The Kier molecular flexibility index (Phi) is 7.84. The van der Waals surface area contributed by atoms with E-state index in [2.05, 4.69) is 187 Å². The van der Waals surface area contributed by atoms with Gasteiger partial charge in [-0.15, -0.1) is 0 Å². The van der Waals surface area contributed by atoms with Crippen molar-refractivity contribution >= 4 is 65.7 Å². The second kappa shape index (κ2) is 14.0. The van der Waals surface area contributed by atoms with Crippen LogP contribution in [-0.2, 0) is 0 Å². The van der Waals surface area contributed by atoms with E-state index < -0.39 is 0 Å². The van der Waals surface area contributed by atoms with E-state index in [4.69, 9.17) is 18.8 Å². The lowest BCUT2D eigenvalue weighted by molar-refractivity contribution is 0.658. The second-order valence-electron chi connectivity index (χ2n) is 16.1. The molecule has 13 aromatic rings. The number of hydrogen-bond donors (Lipinski definition) is 0. The van der Waals surface area contributed by atoms with Crippen molar-refractivity contribution in [3.05, 3.63) is 212 Å². The predicted molar refractivity (Wildman–Crippen MR) is 258 cm³/mol. The van der Waals surface area contributed by atoms with Crippen LogP contribution in [-0.4, -0.2) is 14.5 Å². The van der Waals surface area contributed by atoms with E-state index in [0.717, 1.165) is 122 Å². The number of rotatable bonds is 6. The molecule has 0 atom stereocenters. The molecule has 5 nitrogen and oxygen atoms in total. The molecule has 0 saturated heterocycles. The lowest BCUT2D eigenvalue weighted by Crippen LogP contribution is -2.03. The summed E-state index contributed by atoms with van der Waals surface area (Å²) in [6, 6.07) is 74.4. The van der Waals surface area contributed by atoms with Crippen LogP contribution in [0, 0.1) is 0 Å². The molecule has 63 heavy (non-hydrogen) atoms. The summed E-state index contributed by atoms with van der Waals surface area (Å²) in [5.41, 5.74) is 15.5. The van der Waals surface area contributed by atoms with Crippen molar-refractivity contribution in [1.29, 1.82) is 0 Å². The molecule has 0 fully saturated rings. The monoisotopic (exact) mass is 805 g/mol. The number of fused-ring (bicyclic) bond motifs is 10. The first-order valence-electron chi connectivity index (χ1n) is 21.2. The van der Waals surface area contributed by atoms with E-state index in [-0.39, 0.29) is 0 Å². The molecule has 9 aromatic carbocycles. The summed E-state index contributed by atoms with van der Waals surface area (Å²) in [5.74, 6) is 0.654. The van der Waals surface area contributed by atoms with Crippen molar-refractivity contribution in [2.24, 2.45) is 0 Å². The molecule has 4 heterocycles. The minimum absolute atomic E-state index is 0.654. The zero-order chi connectivity index (χ0) is 41.4. The molecular formula is C58H35N3O2. The Morgan fingerprint density at radius 2 is 0.857 bits per heavy atom. The Bertz CT molecular complexity index is 3770. The molecule has 0 saturated carbocycles. The number of furan rings is 2. The van der Waals surface area contributed by atoms with E-state index >= 15 is 0 Å². The first kappa shape index (κ1) is 35.2. The van der Waals surface area contributed by atoms with Crippen molar-refractivity contribution in [2.75, 3.05) is 0 Å². The Hall–Kier alpha value is -8.54. The molecule has 0 spiro atoms. The van der Waals surface area contributed by atoms with Gasteiger partial charge in [0.05, 0.1) is 33.5 Å². The van der Waals surface area contributed by atoms with Crippen LogP contribution in [0.2, 0.25) is 0 Å². The standard InChI is InChI=1S/C58H35N3O2/c1-5-17-36(18-6-1)44-31-40(58-59-48(38-21-9-3-10-22-38)34-49(60-58)39-23-11-4-12-24-39)32-45(37-19-7-2-8-20-37)56(44)61-50-27-15-13-26-43(50)55-51(61)30-29-42-47-33-46-41-25-14-16-28-52(41)62-53(46)35-54(47)63-57(42)55/h1-35H. The average Bonchev–Trinajstić information content (AvgIpc) is 4.02. The highest BCUT2D eigenvalue weighted by Gasteiger charge is 2.25. The summed E-state index contributed by atoms with van der Waals surface area (Å²) in [5, 5.41) is 6.49. The van der Waals surface area contributed by atoms with Crippen molar-refractivity contribution < 1.29 is 8.83 Å². The van der Waals surface area contributed by atoms with Gasteiger partial charge in [-0.1, -0.05) is 158 Å². The summed E-state index contributed by atoms with van der Waals surface area (Å²) in [4.78, 5) is 10.6. The highest BCUT2D eigenvalue weighted by Crippen LogP contribution is 2.47. The van der Waals surface area contributed by atoms with Crippen LogP contribution >= 0.6 is 0 Å². The molecule has 0 bridgehead atoms. The average molecular weight is 806 g/mol. The van der Waals surface area contributed by atoms with Crippen LogP contribution in [0.4, 0.5) is 0 Å². The fraction of sp³-hybridized carbons (Fsp3) is 0. The van der Waals surface area contributed by atoms with E-state index in [9.17, 15) is 0 Å². The molecule has 13 rings (SSSR count). The van der Waals surface area contributed by atoms with Crippen LogP contribution in [0.15, 0.2) is 221 Å². The van der Waals surface area contributed by atoms with Crippen LogP contribution in [0.25, 0.3) is 128 Å². The summed E-state index contributed by atoms with van der Waals surface area (Å²) < 4.78 is 15.7. The SMILES string of the molecule is c1ccc(-c2cc(-c3ccccc3)nc(-c3cc(-c4ccccc4)c(-n4c5ccccc5c5c6oc7cc8oc9ccccc9c8cc7c6ccc54)c(-c4ccccc4)c3)n2)cc1. The summed E-state index contributed by atoms with van der Waals surface area (Å²) >= 11 is 0. The minimum Gasteiger partial charge on any atom is -0.456 e. The number of para-hydroxylation sites is 2. The third kappa shape index (κ3) is 5.64. The molecule has 5 heteroatoms. The highest BCUT2D eigenvalue weighted by atomic mass is 16.3. The maximum atomic E-state index is 6.94. The van der Waals surface area contributed by atoms with Crippen LogP contribution in [0.3, 0.4) is 0 Å². The van der Waals surface area contributed by atoms with Gasteiger partial charge in [-0.3, -0.25) is 0 Å². The van der Waals surface area contributed by atoms with Crippen molar-refractivity contribution in [1.82, 2.24) is 14.5 Å². The molecule has 0 aliphatic heterocycles. The zero-order valence-corrected chi connectivity index (χ0v) is 33.9. The minimum atomic E-state index is 0.654. The number of nitrogens with zero attached hydrogens (tertiary/aromatic N) is 3. The largest absolute Gasteiger partial charge is 0.456 e. The third-order valence-electron chi connectivity index (χ3n) is 12.4. The summed E-state index contributed by atoms with van der Waals surface area (Å²) in [6.45, 7) is 0. The molecule has 294 valence electrons. The van der Waals surface area contributed by atoms with Gasteiger partial charge in [0, 0.05) is 60.8 Å².